The van der Waals surface area contributed by atoms with Crippen LogP contribution in [-0.2, 0) is 6.42 Å². The van der Waals surface area contributed by atoms with Crippen LogP contribution < -0.4 is 10.1 Å². The molecule has 24 heavy (non-hydrogen) atoms. The molecule has 1 aromatic heterocycles. The predicted octanol–water partition coefficient (Wildman–Crippen LogP) is 1.14. The zero-order valence-electron chi connectivity index (χ0n) is 13.6. The molecule has 0 aliphatic rings. The number of nitro benzene ring substituents is 1. The van der Waals surface area contributed by atoms with Crippen LogP contribution in [0.2, 0.25) is 0 Å². The lowest BCUT2D eigenvalue weighted by Crippen LogP contribution is -2.26. The fourth-order valence-electron chi connectivity index (χ4n) is 2.14. The van der Waals surface area contributed by atoms with Crippen molar-refractivity contribution >= 4 is 11.6 Å². The molecule has 1 amide bonds. The molecule has 0 saturated heterocycles. The molecule has 10 heteroatoms. The summed E-state index contributed by atoms with van der Waals surface area (Å²) >= 11 is 0. The highest BCUT2D eigenvalue weighted by molar-refractivity contribution is 5.95. The molecule has 0 saturated carbocycles. The molecular weight excluding hydrogens is 316 g/mol. The molecule has 0 bridgehead atoms. The maximum Gasteiger partial charge on any atom is 0.311 e. The van der Waals surface area contributed by atoms with Crippen molar-refractivity contribution in [3.05, 3.63) is 39.7 Å². The van der Waals surface area contributed by atoms with Gasteiger partial charge in [0, 0.05) is 24.6 Å². The Hall–Kier alpha value is -3.04. The van der Waals surface area contributed by atoms with Crippen LogP contribution in [0.4, 0.5) is 5.69 Å². The first-order valence-electron chi connectivity index (χ1n) is 7.31. The summed E-state index contributed by atoms with van der Waals surface area (Å²) in [6, 6.07) is 4.17. The highest BCUT2D eigenvalue weighted by atomic mass is 16.6. The van der Waals surface area contributed by atoms with Crippen molar-refractivity contribution in [1.82, 2.24) is 25.5 Å². The van der Waals surface area contributed by atoms with E-state index in [2.05, 4.69) is 20.8 Å². The van der Waals surface area contributed by atoms with Gasteiger partial charge in [0.25, 0.3) is 5.91 Å². The Morgan fingerprint density at radius 2 is 2.21 bits per heavy atom. The second-order valence-corrected chi connectivity index (χ2v) is 5.28. The molecule has 1 heterocycles. The van der Waals surface area contributed by atoms with E-state index in [1.165, 1.54) is 25.3 Å². The maximum absolute atomic E-state index is 12.1. The van der Waals surface area contributed by atoms with Crippen LogP contribution in [0.5, 0.6) is 5.75 Å². The average molecular weight is 334 g/mol. The summed E-state index contributed by atoms with van der Waals surface area (Å²) in [7, 11) is 1.33. The van der Waals surface area contributed by atoms with Gasteiger partial charge in [0.2, 0.25) is 0 Å². The summed E-state index contributed by atoms with van der Waals surface area (Å²) < 4.78 is 6.58. The average Bonchev–Trinajstić information content (AvgIpc) is 3.02. The summed E-state index contributed by atoms with van der Waals surface area (Å²) in [6.45, 7) is 4.22. The monoisotopic (exact) mass is 334 g/mol. The largest absolute Gasteiger partial charge is 0.490 e. The van der Waals surface area contributed by atoms with Gasteiger partial charge < -0.3 is 10.1 Å². The first-order valence-corrected chi connectivity index (χ1v) is 7.31. The highest BCUT2D eigenvalue weighted by Gasteiger charge is 2.18. The van der Waals surface area contributed by atoms with E-state index < -0.39 is 10.8 Å². The van der Waals surface area contributed by atoms with Crippen molar-refractivity contribution in [2.75, 3.05) is 13.7 Å². The quantitative estimate of drug-likeness (QED) is 0.594. The van der Waals surface area contributed by atoms with Crippen LogP contribution in [0, 0.1) is 10.1 Å². The molecule has 0 atom stereocenters. The molecule has 0 radical (unpaired) electrons. The van der Waals surface area contributed by atoms with E-state index in [1.807, 2.05) is 13.8 Å². The molecule has 2 rings (SSSR count). The van der Waals surface area contributed by atoms with Crippen LogP contribution in [0.3, 0.4) is 0 Å². The lowest BCUT2D eigenvalue weighted by Gasteiger charge is -2.09. The number of hydrogen-bond donors (Lipinski definition) is 1. The fraction of sp³-hybridized carbons (Fsp3) is 0.429. The van der Waals surface area contributed by atoms with Crippen molar-refractivity contribution in [3.8, 4) is 5.75 Å². The Labute approximate surface area is 138 Å². The minimum atomic E-state index is -0.591. The number of amides is 1. The first kappa shape index (κ1) is 17.3. The summed E-state index contributed by atoms with van der Waals surface area (Å²) in [6.07, 6.45) is 0.454. The molecule has 0 spiro atoms. The van der Waals surface area contributed by atoms with Crippen molar-refractivity contribution < 1.29 is 14.5 Å². The van der Waals surface area contributed by atoms with Gasteiger partial charge in [-0.05, 0) is 36.4 Å². The Balaban J connectivity index is 2.01. The van der Waals surface area contributed by atoms with Gasteiger partial charge in [0.05, 0.1) is 18.1 Å². The van der Waals surface area contributed by atoms with Gasteiger partial charge in [-0.15, -0.1) is 5.10 Å². The molecule has 0 unspecified atom stereocenters. The number of rotatable bonds is 7. The number of nitrogens with one attached hydrogen (secondary N) is 1. The smallest absolute Gasteiger partial charge is 0.311 e. The van der Waals surface area contributed by atoms with E-state index in [9.17, 15) is 14.9 Å². The Morgan fingerprint density at radius 3 is 2.83 bits per heavy atom. The fourth-order valence-corrected chi connectivity index (χ4v) is 2.14. The van der Waals surface area contributed by atoms with Crippen molar-refractivity contribution in [1.29, 1.82) is 0 Å². The number of carbonyl (C=O) groups excluding carboxylic acids is 1. The van der Waals surface area contributed by atoms with Crippen LogP contribution in [0.1, 0.15) is 36.1 Å². The van der Waals surface area contributed by atoms with E-state index in [4.69, 9.17) is 4.74 Å². The number of aromatic nitrogens is 4. The summed E-state index contributed by atoms with van der Waals surface area (Å²) in [4.78, 5) is 22.5. The van der Waals surface area contributed by atoms with E-state index in [0.717, 1.165) is 0 Å². The summed E-state index contributed by atoms with van der Waals surface area (Å²) in [5.74, 6) is 0.350. The van der Waals surface area contributed by atoms with Gasteiger partial charge in [-0.25, -0.2) is 4.68 Å². The molecule has 0 aliphatic carbocycles. The number of benzene rings is 1. The van der Waals surface area contributed by atoms with Crippen LogP contribution in [0.15, 0.2) is 18.2 Å². The Kier molecular flexibility index (Phi) is 5.40. The molecule has 128 valence electrons. The third-order valence-corrected chi connectivity index (χ3v) is 3.32. The third kappa shape index (κ3) is 3.83. The van der Waals surface area contributed by atoms with E-state index >= 15 is 0 Å². The number of nitrogens with zero attached hydrogens (tertiary/aromatic N) is 5. The predicted molar refractivity (Wildman–Crippen MR) is 83.9 cm³/mol. The Bertz CT molecular complexity index is 743. The van der Waals surface area contributed by atoms with Crippen LogP contribution >= 0.6 is 0 Å². The summed E-state index contributed by atoms with van der Waals surface area (Å²) in [5.41, 5.74) is -0.0696. The number of carbonyl (C=O) groups is 1. The second kappa shape index (κ2) is 7.49. The van der Waals surface area contributed by atoms with Crippen molar-refractivity contribution in [2.45, 2.75) is 26.3 Å². The van der Waals surface area contributed by atoms with Gasteiger partial charge in [0.15, 0.2) is 11.6 Å². The molecular formula is C14H18N6O4. The third-order valence-electron chi connectivity index (χ3n) is 3.32. The van der Waals surface area contributed by atoms with Crippen LogP contribution in [0.25, 0.3) is 0 Å². The minimum Gasteiger partial charge on any atom is -0.490 e. The number of nitro groups is 1. The SMILES string of the molecule is COc1ccc(C(=O)NCCc2nnnn2C(C)C)cc1[N+](=O)[O-]. The zero-order valence-corrected chi connectivity index (χ0v) is 13.6. The molecule has 0 fully saturated rings. The number of methoxy groups -OCH3 is 1. The number of ether oxygens (including phenoxy) is 1. The molecule has 1 N–H and O–H groups in total. The minimum absolute atomic E-state index is 0.104. The number of hydrogen-bond acceptors (Lipinski definition) is 7. The molecule has 0 aliphatic heterocycles. The number of tetrazole rings is 1. The normalized spacial score (nSPS) is 10.7. The van der Waals surface area contributed by atoms with Gasteiger partial charge in [-0.3, -0.25) is 14.9 Å². The lowest BCUT2D eigenvalue weighted by molar-refractivity contribution is -0.385. The zero-order chi connectivity index (χ0) is 17.7. The van der Waals surface area contributed by atoms with Gasteiger partial charge in [-0.2, -0.15) is 0 Å². The molecule has 10 nitrogen and oxygen atoms in total. The summed E-state index contributed by atoms with van der Waals surface area (Å²) in [5, 5.41) is 25.1. The topological polar surface area (TPSA) is 125 Å². The first-order chi connectivity index (χ1) is 11.4. The van der Waals surface area contributed by atoms with Gasteiger partial charge >= 0.3 is 5.69 Å². The van der Waals surface area contributed by atoms with E-state index in [0.29, 0.717) is 18.8 Å². The van der Waals surface area contributed by atoms with Crippen LogP contribution in [-0.4, -0.2) is 44.7 Å². The van der Waals surface area contributed by atoms with E-state index in [1.54, 1.807) is 4.68 Å². The van der Waals surface area contributed by atoms with E-state index in [-0.39, 0.29) is 23.0 Å². The standard InChI is InChI=1S/C14H18N6O4/c1-9(2)19-13(16-17-18-19)6-7-15-14(21)10-4-5-12(24-3)11(8-10)20(22)23/h4-5,8-9H,6-7H2,1-3H3,(H,15,21). The second-order valence-electron chi connectivity index (χ2n) is 5.28. The van der Waals surface area contributed by atoms with Crippen molar-refractivity contribution in [3.63, 3.8) is 0 Å². The van der Waals surface area contributed by atoms with Gasteiger partial charge in [0.1, 0.15) is 0 Å². The highest BCUT2D eigenvalue weighted by Crippen LogP contribution is 2.27. The lowest BCUT2D eigenvalue weighted by atomic mass is 10.1. The molecule has 2 aromatic rings. The van der Waals surface area contributed by atoms with Crippen molar-refractivity contribution in [2.24, 2.45) is 0 Å². The Morgan fingerprint density at radius 1 is 1.46 bits per heavy atom. The maximum atomic E-state index is 12.1. The molecule has 1 aromatic carbocycles. The van der Waals surface area contributed by atoms with Gasteiger partial charge in [-0.1, -0.05) is 0 Å².